The highest BCUT2D eigenvalue weighted by Gasteiger charge is 2.37. The molecule has 0 unspecified atom stereocenters. The highest BCUT2D eigenvalue weighted by atomic mass is 16.7. The second-order valence-electron chi connectivity index (χ2n) is 3.94. The van der Waals surface area contributed by atoms with E-state index in [1.165, 1.54) is 0 Å². The van der Waals surface area contributed by atoms with Crippen LogP contribution in [0.5, 0.6) is 0 Å². The van der Waals surface area contributed by atoms with Crippen LogP contribution in [0, 0.1) is 0 Å². The summed E-state index contributed by atoms with van der Waals surface area (Å²) in [6.07, 6.45) is 0.842. The molecule has 0 amide bonds. The molecule has 0 spiro atoms. The molecule has 4 nitrogen and oxygen atoms in total. The van der Waals surface area contributed by atoms with E-state index in [2.05, 4.69) is 4.98 Å². The zero-order chi connectivity index (χ0) is 10.2. The number of aromatic amines is 1. The SMILES string of the molecule is CC1(C)OC[C@H]([C@H](O)c2ccc[nH]2)O1. The molecule has 1 aromatic heterocycles. The van der Waals surface area contributed by atoms with Gasteiger partial charge in [-0.2, -0.15) is 0 Å². The predicted octanol–water partition coefficient (Wildman–Crippen LogP) is 1.20. The number of aromatic nitrogens is 1. The monoisotopic (exact) mass is 197 g/mol. The Morgan fingerprint density at radius 2 is 2.43 bits per heavy atom. The van der Waals surface area contributed by atoms with Gasteiger partial charge in [-0.1, -0.05) is 0 Å². The maximum atomic E-state index is 9.91. The number of H-pyrrole nitrogens is 1. The predicted molar refractivity (Wildman–Crippen MR) is 50.7 cm³/mol. The van der Waals surface area contributed by atoms with Crippen molar-refractivity contribution in [3.8, 4) is 0 Å². The fourth-order valence-corrected chi connectivity index (χ4v) is 1.60. The van der Waals surface area contributed by atoms with Gasteiger partial charge in [0.1, 0.15) is 12.2 Å². The Labute approximate surface area is 82.8 Å². The van der Waals surface area contributed by atoms with Gasteiger partial charge < -0.3 is 19.6 Å². The fourth-order valence-electron chi connectivity index (χ4n) is 1.60. The summed E-state index contributed by atoms with van der Waals surface area (Å²) in [5.41, 5.74) is 0.760. The van der Waals surface area contributed by atoms with Gasteiger partial charge in [0.2, 0.25) is 0 Å². The fraction of sp³-hybridized carbons (Fsp3) is 0.600. The Bertz CT molecular complexity index is 294. The molecule has 2 heterocycles. The molecule has 0 bridgehead atoms. The third-order valence-corrected chi connectivity index (χ3v) is 2.32. The summed E-state index contributed by atoms with van der Waals surface area (Å²) in [6.45, 7) is 4.11. The third kappa shape index (κ3) is 1.82. The van der Waals surface area contributed by atoms with Crippen molar-refractivity contribution in [1.29, 1.82) is 0 Å². The summed E-state index contributed by atoms with van der Waals surface area (Å²) in [7, 11) is 0. The van der Waals surface area contributed by atoms with Gasteiger partial charge in [-0.15, -0.1) is 0 Å². The molecule has 0 aromatic carbocycles. The smallest absolute Gasteiger partial charge is 0.163 e. The average Bonchev–Trinajstić information content (AvgIpc) is 2.72. The van der Waals surface area contributed by atoms with Crippen molar-refractivity contribution in [2.24, 2.45) is 0 Å². The van der Waals surface area contributed by atoms with Crippen molar-refractivity contribution in [3.63, 3.8) is 0 Å². The molecule has 2 N–H and O–H groups in total. The van der Waals surface area contributed by atoms with E-state index in [0.717, 1.165) is 5.69 Å². The van der Waals surface area contributed by atoms with Crippen LogP contribution in [-0.2, 0) is 9.47 Å². The van der Waals surface area contributed by atoms with Crippen molar-refractivity contribution in [1.82, 2.24) is 4.98 Å². The molecule has 1 aliphatic rings. The van der Waals surface area contributed by atoms with Crippen molar-refractivity contribution < 1.29 is 14.6 Å². The van der Waals surface area contributed by atoms with Crippen LogP contribution < -0.4 is 0 Å². The molecule has 78 valence electrons. The van der Waals surface area contributed by atoms with Crippen molar-refractivity contribution in [3.05, 3.63) is 24.0 Å². The molecule has 0 aliphatic carbocycles. The number of rotatable bonds is 2. The van der Waals surface area contributed by atoms with Crippen molar-refractivity contribution >= 4 is 0 Å². The summed E-state index contributed by atoms with van der Waals surface area (Å²) < 4.78 is 10.9. The molecule has 0 saturated carbocycles. The van der Waals surface area contributed by atoms with E-state index in [-0.39, 0.29) is 6.10 Å². The van der Waals surface area contributed by atoms with Crippen LogP contribution in [0.4, 0.5) is 0 Å². The molecule has 14 heavy (non-hydrogen) atoms. The lowest BCUT2D eigenvalue weighted by Crippen LogP contribution is -2.25. The standard InChI is InChI=1S/C10H15NO3/c1-10(2)13-6-8(14-10)9(12)7-4-3-5-11-7/h3-5,8-9,11-12H,6H2,1-2H3/t8-,9-/m1/s1. The van der Waals surface area contributed by atoms with E-state index >= 15 is 0 Å². The summed E-state index contributed by atoms with van der Waals surface area (Å²) >= 11 is 0. The molecular formula is C10H15NO3. The van der Waals surface area contributed by atoms with Crippen LogP contribution in [0.1, 0.15) is 25.6 Å². The maximum absolute atomic E-state index is 9.91. The van der Waals surface area contributed by atoms with Gasteiger partial charge in [0.25, 0.3) is 0 Å². The van der Waals surface area contributed by atoms with E-state index in [0.29, 0.717) is 6.61 Å². The van der Waals surface area contributed by atoms with E-state index < -0.39 is 11.9 Å². The van der Waals surface area contributed by atoms with Gasteiger partial charge in [-0.3, -0.25) is 0 Å². The topological polar surface area (TPSA) is 54.5 Å². The number of aliphatic hydroxyl groups is 1. The first-order valence-corrected chi connectivity index (χ1v) is 4.72. The molecule has 1 saturated heterocycles. The number of ether oxygens (including phenoxy) is 2. The lowest BCUT2D eigenvalue weighted by atomic mass is 10.1. The molecular weight excluding hydrogens is 182 g/mol. The first kappa shape index (κ1) is 9.71. The van der Waals surface area contributed by atoms with Gasteiger partial charge in [0.15, 0.2) is 5.79 Å². The van der Waals surface area contributed by atoms with E-state index in [1.807, 2.05) is 26.0 Å². The van der Waals surface area contributed by atoms with Crippen LogP contribution in [0.15, 0.2) is 18.3 Å². The molecule has 1 aliphatic heterocycles. The molecule has 1 aromatic rings. The highest BCUT2D eigenvalue weighted by Crippen LogP contribution is 2.29. The zero-order valence-corrected chi connectivity index (χ0v) is 8.36. The van der Waals surface area contributed by atoms with Crippen LogP contribution in [0.3, 0.4) is 0 Å². The Balaban J connectivity index is 2.04. The van der Waals surface area contributed by atoms with Gasteiger partial charge in [-0.05, 0) is 26.0 Å². The number of aliphatic hydroxyl groups excluding tert-OH is 1. The number of hydrogen-bond acceptors (Lipinski definition) is 3. The second kappa shape index (κ2) is 3.38. The van der Waals surface area contributed by atoms with Gasteiger partial charge in [0.05, 0.1) is 6.61 Å². The number of nitrogens with one attached hydrogen (secondary N) is 1. The van der Waals surface area contributed by atoms with E-state index in [4.69, 9.17) is 9.47 Å². The molecule has 0 radical (unpaired) electrons. The molecule has 4 heteroatoms. The maximum Gasteiger partial charge on any atom is 0.163 e. The third-order valence-electron chi connectivity index (χ3n) is 2.32. The van der Waals surface area contributed by atoms with Crippen LogP contribution in [-0.4, -0.2) is 28.6 Å². The minimum Gasteiger partial charge on any atom is -0.384 e. The highest BCUT2D eigenvalue weighted by molar-refractivity contribution is 5.09. The lowest BCUT2D eigenvalue weighted by molar-refractivity contribution is -0.151. The minimum atomic E-state index is -0.647. The van der Waals surface area contributed by atoms with E-state index in [1.54, 1.807) is 6.20 Å². The first-order valence-electron chi connectivity index (χ1n) is 4.72. The van der Waals surface area contributed by atoms with Gasteiger partial charge in [-0.25, -0.2) is 0 Å². The summed E-state index contributed by atoms with van der Waals surface area (Å²) in [6, 6.07) is 3.68. The van der Waals surface area contributed by atoms with E-state index in [9.17, 15) is 5.11 Å². The number of hydrogen-bond donors (Lipinski definition) is 2. The van der Waals surface area contributed by atoms with Crippen LogP contribution in [0.25, 0.3) is 0 Å². The lowest BCUT2D eigenvalue weighted by Gasteiger charge is -2.19. The largest absolute Gasteiger partial charge is 0.384 e. The van der Waals surface area contributed by atoms with Crippen LogP contribution >= 0.6 is 0 Å². The Morgan fingerprint density at radius 3 is 2.93 bits per heavy atom. The molecule has 2 rings (SSSR count). The zero-order valence-electron chi connectivity index (χ0n) is 8.36. The Kier molecular flexibility index (Phi) is 2.34. The normalized spacial score (nSPS) is 27.8. The average molecular weight is 197 g/mol. The van der Waals surface area contributed by atoms with Crippen LogP contribution in [0.2, 0.25) is 0 Å². The van der Waals surface area contributed by atoms with Gasteiger partial charge >= 0.3 is 0 Å². The Morgan fingerprint density at radius 1 is 1.64 bits per heavy atom. The van der Waals surface area contributed by atoms with Gasteiger partial charge in [0, 0.05) is 11.9 Å². The minimum absolute atomic E-state index is 0.288. The summed E-state index contributed by atoms with van der Waals surface area (Å²) in [5.74, 6) is -0.585. The first-order chi connectivity index (χ1) is 6.58. The quantitative estimate of drug-likeness (QED) is 0.749. The Hall–Kier alpha value is -0.840. The second-order valence-corrected chi connectivity index (χ2v) is 3.94. The summed E-state index contributed by atoms with van der Waals surface area (Å²) in [5, 5.41) is 9.91. The summed E-state index contributed by atoms with van der Waals surface area (Å²) in [4.78, 5) is 2.96. The molecule has 2 atom stereocenters. The van der Waals surface area contributed by atoms with Crippen molar-refractivity contribution in [2.75, 3.05) is 6.61 Å². The molecule has 1 fully saturated rings. The van der Waals surface area contributed by atoms with Crippen molar-refractivity contribution in [2.45, 2.75) is 31.8 Å².